The van der Waals surface area contributed by atoms with Crippen LogP contribution in [0.5, 0.6) is 0 Å². The first-order valence-corrected chi connectivity index (χ1v) is 5.30. The molecule has 1 radical (unpaired) electrons. The maximum Gasteiger partial charge on any atom is 0.233 e. The van der Waals surface area contributed by atoms with Gasteiger partial charge in [-0.3, -0.25) is 4.79 Å². The summed E-state index contributed by atoms with van der Waals surface area (Å²) in [6.07, 6.45) is 4.98. The number of aryl methyl sites for hydroxylation is 1. The molecule has 75 valence electrons. The molecule has 0 saturated heterocycles. The molecule has 1 heteroatoms. The first kappa shape index (κ1) is 11.0. The fourth-order valence-electron chi connectivity index (χ4n) is 2.01. The Labute approximate surface area is 86.1 Å². The molecule has 0 amide bonds. The third kappa shape index (κ3) is 1.87. The van der Waals surface area contributed by atoms with E-state index in [0.29, 0.717) is 0 Å². The van der Waals surface area contributed by atoms with Crippen LogP contribution in [0.1, 0.15) is 43.0 Å². The minimum atomic E-state index is 0.738. The predicted octanol–water partition coefficient (Wildman–Crippen LogP) is 2.83. The summed E-state index contributed by atoms with van der Waals surface area (Å²) in [5.74, 6) is 0. The minimum absolute atomic E-state index is 0.738. The Morgan fingerprint density at radius 3 is 2.07 bits per heavy atom. The van der Waals surface area contributed by atoms with Gasteiger partial charge < -0.3 is 0 Å². The van der Waals surface area contributed by atoms with Crippen LogP contribution in [0.2, 0.25) is 0 Å². The summed E-state index contributed by atoms with van der Waals surface area (Å²) in [5, 5.41) is 0. The van der Waals surface area contributed by atoms with E-state index in [2.05, 4.69) is 26.8 Å². The standard InChI is InChI=1S/C13H17O/c1-4-10-7-8-11(9-14)13(6-3)12(10)5-2/h7-8H,4-6H2,1-3H3. The Balaban J connectivity index is 3.35. The molecular weight excluding hydrogens is 172 g/mol. The average molecular weight is 189 g/mol. The first-order chi connectivity index (χ1) is 6.78. The molecule has 0 aliphatic carbocycles. The molecule has 0 atom stereocenters. The maximum absolute atomic E-state index is 10.7. The van der Waals surface area contributed by atoms with Crippen molar-refractivity contribution in [1.29, 1.82) is 0 Å². The zero-order valence-corrected chi connectivity index (χ0v) is 9.18. The molecular formula is C13H17O. The van der Waals surface area contributed by atoms with E-state index in [0.717, 1.165) is 24.8 Å². The summed E-state index contributed by atoms with van der Waals surface area (Å²) >= 11 is 0. The van der Waals surface area contributed by atoms with Gasteiger partial charge in [0, 0.05) is 5.56 Å². The quantitative estimate of drug-likeness (QED) is 0.711. The molecule has 14 heavy (non-hydrogen) atoms. The average Bonchev–Trinajstić information content (AvgIpc) is 2.26. The lowest BCUT2D eigenvalue weighted by Crippen LogP contribution is -2.02. The second-order valence-electron chi connectivity index (χ2n) is 3.39. The Morgan fingerprint density at radius 2 is 1.64 bits per heavy atom. The third-order valence-electron chi connectivity index (χ3n) is 2.73. The summed E-state index contributed by atoms with van der Waals surface area (Å²) in [6, 6.07) is 3.95. The second-order valence-corrected chi connectivity index (χ2v) is 3.39. The highest BCUT2D eigenvalue weighted by atomic mass is 16.1. The highest BCUT2D eigenvalue weighted by Crippen LogP contribution is 2.20. The zero-order valence-electron chi connectivity index (χ0n) is 9.18. The van der Waals surface area contributed by atoms with Crippen molar-refractivity contribution in [1.82, 2.24) is 0 Å². The minimum Gasteiger partial charge on any atom is -0.285 e. The van der Waals surface area contributed by atoms with Crippen molar-refractivity contribution in [2.45, 2.75) is 40.0 Å². The Kier molecular flexibility index (Phi) is 3.87. The van der Waals surface area contributed by atoms with Crippen molar-refractivity contribution in [3.8, 4) is 0 Å². The maximum atomic E-state index is 10.7. The van der Waals surface area contributed by atoms with Crippen molar-refractivity contribution in [2.75, 3.05) is 0 Å². The van der Waals surface area contributed by atoms with Crippen LogP contribution in [-0.4, -0.2) is 6.29 Å². The monoisotopic (exact) mass is 189 g/mol. The Hall–Kier alpha value is -1.11. The van der Waals surface area contributed by atoms with Gasteiger partial charge in [-0.05, 0) is 36.0 Å². The smallest absolute Gasteiger partial charge is 0.233 e. The fraction of sp³-hybridized carbons (Fsp3) is 0.462. The summed E-state index contributed by atoms with van der Waals surface area (Å²) in [5.41, 5.74) is 4.63. The van der Waals surface area contributed by atoms with Gasteiger partial charge in [-0.25, -0.2) is 0 Å². The lowest BCUT2D eigenvalue weighted by molar-refractivity contribution is 0.562. The van der Waals surface area contributed by atoms with E-state index in [4.69, 9.17) is 0 Å². The van der Waals surface area contributed by atoms with E-state index < -0.39 is 0 Å². The van der Waals surface area contributed by atoms with Gasteiger partial charge in [-0.15, -0.1) is 0 Å². The molecule has 1 aromatic rings. The van der Waals surface area contributed by atoms with Gasteiger partial charge in [0.05, 0.1) is 0 Å². The summed E-state index contributed by atoms with van der Waals surface area (Å²) in [6.45, 7) is 6.38. The van der Waals surface area contributed by atoms with E-state index in [9.17, 15) is 4.79 Å². The van der Waals surface area contributed by atoms with Gasteiger partial charge in [-0.2, -0.15) is 0 Å². The van der Waals surface area contributed by atoms with E-state index in [1.54, 1.807) is 0 Å². The van der Waals surface area contributed by atoms with Crippen molar-refractivity contribution in [3.05, 3.63) is 34.4 Å². The van der Waals surface area contributed by atoms with Crippen LogP contribution in [0.15, 0.2) is 12.1 Å². The molecule has 0 spiro atoms. The molecule has 0 saturated carbocycles. The fourth-order valence-corrected chi connectivity index (χ4v) is 2.01. The molecule has 0 bridgehead atoms. The molecule has 0 aromatic heterocycles. The molecule has 0 fully saturated rings. The van der Waals surface area contributed by atoms with Crippen LogP contribution in [0.25, 0.3) is 0 Å². The van der Waals surface area contributed by atoms with Gasteiger partial charge in [-0.1, -0.05) is 32.9 Å². The van der Waals surface area contributed by atoms with E-state index in [1.807, 2.05) is 12.4 Å². The van der Waals surface area contributed by atoms with Crippen LogP contribution in [0, 0.1) is 0 Å². The molecule has 0 heterocycles. The normalized spacial score (nSPS) is 10.2. The van der Waals surface area contributed by atoms with Crippen LogP contribution in [0.4, 0.5) is 0 Å². The Bertz CT molecular complexity index is 326. The Morgan fingerprint density at radius 1 is 1.00 bits per heavy atom. The first-order valence-electron chi connectivity index (χ1n) is 5.30. The lowest BCUT2D eigenvalue weighted by Gasteiger charge is -2.12. The number of benzene rings is 1. The summed E-state index contributed by atoms with van der Waals surface area (Å²) in [4.78, 5) is 10.7. The topological polar surface area (TPSA) is 17.1 Å². The van der Waals surface area contributed by atoms with Crippen molar-refractivity contribution < 1.29 is 4.79 Å². The van der Waals surface area contributed by atoms with Crippen molar-refractivity contribution in [3.63, 3.8) is 0 Å². The van der Waals surface area contributed by atoms with Gasteiger partial charge in [0.2, 0.25) is 6.29 Å². The van der Waals surface area contributed by atoms with Gasteiger partial charge in [0.25, 0.3) is 0 Å². The van der Waals surface area contributed by atoms with E-state index >= 15 is 0 Å². The second kappa shape index (κ2) is 4.94. The van der Waals surface area contributed by atoms with Crippen LogP contribution < -0.4 is 0 Å². The molecule has 0 N–H and O–H groups in total. The van der Waals surface area contributed by atoms with Crippen LogP contribution >= 0.6 is 0 Å². The molecule has 0 aliphatic heterocycles. The van der Waals surface area contributed by atoms with Gasteiger partial charge in [0.1, 0.15) is 0 Å². The highest BCUT2D eigenvalue weighted by Gasteiger charge is 2.09. The van der Waals surface area contributed by atoms with E-state index in [1.165, 1.54) is 16.7 Å². The third-order valence-corrected chi connectivity index (χ3v) is 2.73. The molecule has 1 rings (SSSR count). The predicted molar refractivity (Wildman–Crippen MR) is 59.4 cm³/mol. The van der Waals surface area contributed by atoms with Gasteiger partial charge in [0.15, 0.2) is 0 Å². The zero-order chi connectivity index (χ0) is 10.6. The van der Waals surface area contributed by atoms with E-state index in [-0.39, 0.29) is 0 Å². The van der Waals surface area contributed by atoms with Gasteiger partial charge >= 0.3 is 0 Å². The lowest BCUT2D eigenvalue weighted by atomic mass is 9.92. The number of carbonyl (C=O) groups excluding carboxylic acids is 1. The van der Waals surface area contributed by atoms with Crippen molar-refractivity contribution in [2.24, 2.45) is 0 Å². The van der Waals surface area contributed by atoms with Crippen LogP contribution in [0.3, 0.4) is 0 Å². The number of rotatable bonds is 4. The number of hydrogen-bond acceptors (Lipinski definition) is 1. The summed E-state index contributed by atoms with van der Waals surface area (Å²) in [7, 11) is 0. The molecule has 0 unspecified atom stereocenters. The SMILES string of the molecule is CCc1ccc([C]=O)c(CC)c1CC. The summed E-state index contributed by atoms with van der Waals surface area (Å²) < 4.78 is 0. The highest BCUT2D eigenvalue weighted by molar-refractivity contribution is 5.78. The largest absolute Gasteiger partial charge is 0.285 e. The molecule has 1 aromatic carbocycles. The molecule has 0 aliphatic rings. The van der Waals surface area contributed by atoms with Crippen LogP contribution in [-0.2, 0) is 24.1 Å². The van der Waals surface area contributed by atoms with Crippen molar-refractivity contribution >= 4 is 6.29 Å². The molecule has 1 nitrogen and oxygen atoms in total. The number of hydrogen-bond donors (Lipinski definition) is 0.